The summed E-state index contributed by atoms with van der Waals surface area (Å²) in [5.41, 5.74) is 0. The Balaban J connectivity index is 3.76. The van der Waals surface area contributed by atoms with Gasteiger partial charge in [-0.25, -0.2) is 0 Å². The molecule has 2 N–H and O–H groups in total. The molecular formula is C8H13NO4. The Labute approximate surface area is 76.4 Å². The van der Waals surface area contributed by atoms with E-state index in [2.05, 4.69) is 10.1 Å². The topological polar surface area (TPSA) is 75.6 Å². The molecule has 0 aliphatic carbocycles. The maximum absolute atomic E-state index is 10.7. The second-order valence-corrected chi connectivity index (χ2v) is 2.30. The van der Waals surface area contributed by atoms with Crippen molar-refractivity contribution < 1.29 is 19.4 Å². The monoisotopic (exact) mass is 187 g/mol. The molecule has 0 spiro atoms. The first kappa shape index (κ1) is 11.5. The molecule has 0 fully saturated rings. The van der Waals surface area contributed by atoms with Gasteiger partial charge in [0.25, 0.3) is 0 Å². The molecule has 0 unspecified atom stereocenters. The molecular weight excluding hydrogens is 174 g/mol. The van der Waals surface area contributed by atoms with Gasteiger partial charge in [-0.05, 0) is 13.8 Å². The highest BCUT2D eigenvalue weighted by atomic mass is 16.5. The minimum atomic E-state index is -0.481. The van der Waals surface area contributed by atoms with Crippen LogP contribution < -0.4 is 5.32 Å². The van der Waals surface area contributed by atoms with Crippen molar-refractivity contribution in [2.24, 2.45) is 0 Å². The van der Waals surface area contributed by atoms with Crippen molar-refractivity contribution >= 4 is 11.8 Å². The number of carbonyl (C=O) groups excluding carboxylic acids is 2. The van der Waals surface area contributed by atoms with Crippen molar-refractivity contribution in [3.05, 3.63) is 12.0 Å². The third-order valence-corrected chi connectivity index (χ3v) is 1.06. The van der Waals surface area contributed by atoms with Crippen LogP contribution in [0.4, 0.5) is 0 Å². The zero-order valence-electron chi connectivity index (χ0n) is 7.66. The summed E-state index contributed by atoms with van der Waals surface area (Å²) in [6.45, 7) is 3.12. The van der Waals surface area contributed by atoms with Gasteiger partial charge in [-0.15, -0.1) is 0 Å². The SMILES string of the molecule is CCOC(=O)CN/C(O)=C/C(C)=O. The quantitative estimate of drug-likeness (QED) is 0.363. The number of carbonyl (C=O) groups is 2. The highest BCUT2D eigenvalue weighted by Crippen LogP contribution is 1.84. The Bertz CT molecular complexity index is 222. The van der Waals surface area contributed by atoms with Crippen LogP contribution in [0.25, 0.3) is 0 Å². The number of ether oxygens (including phenoxy) is 1. The molecule has 0 bridgehead atoms. The van der Waals surface area contributed by atoms with Crippen molar-refractivity contribution in [3.8, 4) is 0 Å². The molecule has 0 aromatic rings. The second-order valence-electron chi connectivity index (χ2n) is 2.30. The molecule has 13 heavy (non-hydrogen) atoms. The average Bonchev–Trinajstić information content (AvgIpc) is 2.00. The van der Waals surface area contributed by atoms with E-state index >= 15 is 0 Å². The predicted molar refractivity (Wildman–Crippen MR) is 46.0 cm³/mol. The molecule has 0 aromatic carbocycles. The first-order chi connectivity index (χ1) is 6.06. The largest absolute Gasteiger partial charge is 0.495 e. The molecule has 5 nitrogen and oxygen atoms in total. The maximum Gasteiger partial charge on any atom is 0.325 e. The Hall–Kier alpha value is -1.52. The summed E-state index contributed by atoms with van der Waals surface area (Å²) in [4.78, 5) is 21.2. The number of ketones is 1. The summed E-state index contributed by atoms with van der Waals surface area (Å²) >= 11 is 0. The van der Waals surface area contributed by atoms with Crippen LogP contribution >= 0.6 is 0 Å². The van der Waals surface area contributed by atoms with Crippen LogP contribution in [0.15, 0.2) is 12.0 Å². The van der Waals surface area contributed by atoms with Gasteiger partial charge in [-0.3, -0.25) is 9.59 Å². The molecule has 0 aliphatic heterocycles. The minimum Gasteiger partial charge on any atom is -0.495 e. The van der Waals surface area contributed by atoms with Gasteiger partial charge in [0.05, 0.1) is 6.61 Å². The van der Waals surface area contributed by atoms with E-state index < -0.39 is 5.97 Å². The van der Waals surface area contributed by atoms with Crippen LogP contribution in [0.5, 0.6) is 0 Å². The van der Waals surface area contributed by atoms with Crippen LogP contribution in [0.3, 0.4) is 0 Å². The molecule has 0 amide bonds. The highest BCUT2D eigenvalue weighted by Gasteiger charge is 2.01. The molecule has 0 atom stereocenters. The van der Waals surface area contributed by atoms with Gasteiger partial charge in [0.15, 0.2) is 11.7 Å². The van der Waals surface area contributed by atoms with Gasteiger partial charge in [0.1, 0.15) is 6.54 Å². The zero-order chi connectivity index (χ0) is 10.3. The molecule has 0 saturated carbocycles. The van der Waals surface area contributed by atoms with E-state index in [1.54, 1.807) is 6.92 Å². The molecule has 5 heteroatoms. The molecule has 0 rings (SSSR count). The summed E-state index contributed by atoms with van der Waals surface area (Å²) in [5, 5.41) is 11.3. The zero-order valence-corrected chi connectivity index (χ0v) is 7.66. The normalized spacial score (nSPS) is 10.8. The minimum absolute atomic E-state index is 0.149. The molecule has 74 valence electrons. The molecule has 0 heterocycles. The number of aliphatic hydroxyl groups excluding tert-OH is 1. The Morgan fingerprint density at radius 3 is 2.62 bits per heavy atom. The van der Waals surface area contributed by atoms with E-state index in [1.165, 1.54) is 6.92 Å². The van der Waals surface area contributed by atoms with Crippen LogP contribution in [0.1, 0.15) is 13.8 Å². The van der Waals surface area contributed by atoms with Gasteiger partial charge in [0, 0.05) is 6.08 Å². The lowest BCUT2D eigenvalue weighted by Gasteiger charge is -2.03. The first-order valence-corrected chi connectivity index (χ1v) is 3.87. The average molecular weight is 187 g/mol. The van der Waals surface area contributed by atoms with E-state index in [0.29, 0.717) is 0 Å². The van der Waals surface area contributed by atoms with E-state index in [-0.39, 0.29) is 24.8 Å². The highest BCUT2D eigenvalue weighted by molar-refractivity contribution is 5.87. The van der Waals surface area contributed by atoms with E-state index in [1.807, 2.05) is 0 Å². The lowest BCUT2D eigenvalue weighted by Crippen LogP contribution is -2.24. The molecule has 0 aromatic heterocycles. The van der Waals surface area contributed by atoms with Crippen LogP contribution in [0.2, 0.25) is 0 Å². The lowest BCUT2D eigenvalue weighted by molar-refractivity contribution is -0.142. The van der Waals surface area contributed by atoms with Crippen molar-refractivity contribution in [1.82, 2.24) is 5.32 Å². The van der Waals surface area contributed by atoms with Gasteiger partial charge < -0.3 is 15.2 Å². The van der Waals surface area contributed by atoms with Crippen molar-refractivity contribution in [3.63, 3.8) is 0 Å². The number of aliphatic hydroxyl groups is 1. The van der Waals surface area contributed by atoms with E-state index in [9.17, 15) is 9.59 Å². The van der Waals surface area contributed by atoms with Crippen molar-refractivity contribution in [2.45, 2.75) is 13.8 Å². The van der Waals surface area contributed by atoms with Crippen LogP contribution in [-0.4, -0.2) is 30.0 Å². The predicted octanol–water partition coefficient (Wildman–Crippen LogP) is 0.128. The summed E-state index contributed by atoms with van der Waals surface area (Å²) in [7, 11) is 0. The lowest BCUT2D eigenvalue weighted by atomic mass is 10.4. The number of hydrogen-bond donors (Lipinski definition) is 2. The summed E-state index contributed by atoms with van der Waals surface area (Å²) in [5.74, 6) is -1.11. The Kier molecular flexibility index (Phi) is 5.34. The third-order valence-electron chi connectivity index (χ3n) is 1.06. The Morgan fingerprint density at radius 1 is 1.54 bits per heavy atom. The smallest absolute Gasteiger partial charge is 0.325 e. The standard InChI is InChI=1S/C8H13NO4/c1-3-13-8(12)5-9-7(11)4-6(2)10/h4,9,11H,3,5H2,1-2H3/b7-4-. The number of allylic oxidation sites excluding steroid dienone is 1. The number of hydrogen-bond acceptors (Lipinski definition) is 5. The molecule has 0 radical (unpaired) electrons. The first-order valence-electron chi connectivity index (χ1n) is 3.87. The van der Waals surface area contributed by atoms with Crippen LogP contribution in [-0.2, 0) is 14.3 Å². The number of nitrogens with one attached hydrogen (secondary N) is 1. The van der Waals surface area contributed by atoms with E-state index in [4.69, 9.17) is 5.11 Å². The molecule has 0 aliphatic rings. The van der Waals surface area contributed by atoms with Crippen LogP contribution in [0, 0.1) is 0 Å². The summed E-state index contributed by atoms with van der Waals surface area (Å²) in [6.07, 6.45) is 0.985. The number of esters is 1. The fraction of sp³-hybridized carbons (Fsp3) is 0.500. The van der Waals surface area contributed by atoms with Gasteiger partial charge in [-0.1, -0.05) is 0 Å². The number of rotatable bonds is 5. The van der Waals surface area contributed by atoms with Crippen molar-refractivity contribution in [1.29, 1.82) is 0 Å². The fourth-order valence-electron chi connectivity index (χ4n) is 0.618. The summed E-state index contributed by atoms with van der Waals surface area (Å²) < 4.78 is 4.57. The maximum atomic E-state index is 10.7. The van der Waals surface area contributed by atoms with E-state index in [0.717, 1.165) is 6.08 Å². The van der Waals surface area contributed by atoms with Crippen molar-refractivity contribution in [2.75, 3.05) is 13.2 Å². The third kappa shape index (κ3) is 6.86. The second kappa shape index (κ2) is 6.05. The Morgan fingerprint density at radius 2 is 2.15 bits per heavy atom. The van der Waals surface area contributed by atoms with Gasteiger partial charge in [0.2, 0.25) is 0 Å². The fourth-order valence-corrected chi connectivity index (χ4v) is 0.618. The summed E-state index contributed by atoms with van der Waals surface area (Å²) in [6, 6.07) is 0. The van der Waals surface area contributed by atoms with Gasteiger partial charge >= 0.3 is 5.97 Å². The molecule has 0 saturated heterocycles. The van der Waals surface area contributed by atoms with Gasteiger partial charge in [-0.2, -0.15) is 0 Å².